The van der Waals surface area contributed by atoms with Crippen LogP contribution in [0.3, 0.4) is 0 Å². The van der Waals surface area contributed by atoms with Crippen molar-refractivity contribution in [1.29, 1.82) is 0 Å². The van der Waals surface area contributed by atoms with E-state index in [2.05, 4.69) is 6.92 Å². The maximum atomic E-state index is 5.68. The van der Waals surface area contributed by atoms with Crippen LogP contribution in [0.15, 0.2) is 24.3 Å². The minimum atomic E-state index is 0.820. The van der Waals surface area contributed by atoms with Gasteiger partial charge in [0.15, 0.2) is 0 Å². The lowest BCUT2D eigenvalue weighted by Gasteiger charge is -2.07. The van der Waals surface area contributed by atoms with E-state index in [1.165, 1.54) is 38.5 Å². The fourth-order valence-electron chi connectivity index (χ4n) is 1.92. The highest BCUT2D eigenvalue weighted by molar-refractivity contribution is 5.31. The first kappa shape index (κ1) is 14.9. The average Bonchev–Trinajstić information content (AvgIpc) is 2.42. The standard InChI is InChI=1S/C16H26O2/c1-3-4-5-6-7-8-9-14-18-16-12-10-15(17-2)11-13-16/h10-13H,3-9,14H2,1-2H3. The van der Waals surface area contributed by atoms with Gasteiger partial charge in [-0.15, -0.1) is 0 Å². The largest absolute Gasteiger partial charge is 0.497 e. The first-order valence-corrected chi connectivity index (χ1v) is 7.13. The van der Waals surface area contributed by atoms with Gasteiger partial charge in [0.2, 0.25) is 0 Å². The Morgan fingerprint density at radius 2 is 1.33 bits per heavy atom. The SMILES string of the molecule is CCCCCCCCCOc1ccc(OC)cc1. The Hall–Kier alpha value is -1.18. The van der Waals surface area contributed by atoms with Crippen LogP contribution in [0.1, 0.15) is 51.9 Å². The molecule has 0 atom stereocenters. The maximum Gasteiger partial charge on any atom is 0.119 e. The molecule has 2 heteroatoms. The number of benzene rings is 1. The molecule has 0 amide bonds. The van der Waals surface area contributed by atoms with E-state index in [-0.39, 0.29) is 0 Å². The van der Waals surface area contributed by atoms with E-state index in [9.17, 15) is 0 Å². The molecular weight excluding hydrogens is 224 g/mol. The summed E-state index contributed by atoms with van der Waals surface area (Å²) in [5.74, 6) is 1.81. The molecule has 0 radical (unpaired) electrons. The normalized spacial score (nSPS) is 10.3. The molecule has 18 heavy (non-hydrogen) atoms. The van der Waals surface area contributed by atoms with Gasteiger partial charge in [0.05, 0.1) is 13.7 Å². The highest BCUT2D eigenvalue weighted by Crippen LogP contribution is 2.17. The minimum absolute atomic E-state index is 0.820. The lowest BCUT2D eigenvalue weighted by Crippen LogP contribution is -1.97. The van der Waals surface area contributed by atoms with Crippen LogP contribution in [-0.4, -0.2) is 13.7 Å². The third-order valence-corrected chi connectivity index (χ3v) is 3.08. The van der Waals surface area contributed by atoms with Gasteiger partial charge >= 0.3 is 0 Å². The van der Waals surface area contributed by atoms with Gasteiger partial charge in [0, 0.05) is 0 Å². The Kier molecular flexibility index (Phi) is 8.11. The molecule has 2 nitrogen and oxygen atoms in total. The summed E-state index contributed by atoms with van der Waals surface area (Å²) >= 11 is 0. The predicted octanol–water partition coefficient (Wildman–Crippen LogP) is 4.82. The molecule has 0 aliphatic carbocycles. The number of hydrogen-bond acceptors (Lipinski definition) is 2. The van der Waals surface area contributed by atoms with Gasteiger partial charge in [0.1, 0.15) is 11.5 Å². The van der Waals surface area contributed by atoms with Crippen LogP contribution < -0.4 is 9.47 Å². The van der Waals surface area contributed by atoms with Crippen LogP contribution in [0.2, 0.25) is 0 Å². The number of hydrogen-bond donors (Lipinski definition) is 0. The summed E-state index contributed by atoms with van der Waals surface area (Å²) in [5.41, 5.74) is 0. The quantitative estimate of drug-likeness (QED) is 0.554. The molecule has 0 unspecified atom stereocenters. The molecule has 0 aromatic heterocycles. The molecule has 0 aliphatic rings. The Morgan fingerprint density at radius 3 is 1.94 bits per heavy atom. The van der Waals surface area contributed by atoms with Crippen LogP contribution in [0.25, 0.3) is 0 Å². The molecule has 0 aliphatic heterocycles. The van der Waals surface area contributed by atoms with Crippen molar-refractivity contribution < 1.29 is 9.47 Å². The van der Waals surface area contributed by atoms with Crippen molar-refractivity contribution in [3.8, 4) is 11.5 Å². The average molecular weight is 250 g/mol. The van der Waals surface area contributed by atoms with Crippen LogP contribution in [0.5, 0.6) is 11.5 Å². The Labute approximate surface area is 111 Å². The molecule has 102 valence electrons. The fourth-order valence-corrected chi connectivity index (χ4v) is 1.92. The highest BCUT2D eigenvalue weighted by Gasteiger charge is 1.95. The lowest BCUT2D eigenvalue weighted by molar-refractivity contribution is 0.303. The molecule has 0 fully saturated rings. The molecule has 1 rings (SSSR count). The van der Waals surface area contributed by atoms with Gasteiger partial charge in [-0.05, 0) is 30.7 Å². The highest BCUT2D eigenvalue weighted by atomic mass is 16.5. The molecule has 1 aromatic rings. The van der Waals surface area contributed by atoms with Crippen molar-refractivity contribution in [2.24, 2.45) is 0 Å². The summed E-state index contributed by atoms with van der Waals surface area (Å²) in [6, 6.07) is 7.78. The molecule has 1 aromatic carbocycles. The van der Waals surface area contributed by atoms with Gasteiger partial charge in [-0.25, -0.2) is 0 Å². The zero-order valence-corrected chi connectivity index (χ0v) is 11.8. The van der Waals surface area contributed by atoms with Gasteiger partial charge in [-0.1, -0.05) is 45.4 Å². The molecule has 0 saturated heterocycles. The van der Waals surface area contributed by atoms with E-state index in [1.807, 2.05) is 24.3 Å². The van der Waals surface area contributed by atoms with E-state index < -0.39 is 0 Å². The van der Waals surface area contributed by atoms with Gasteiger partial charge < -0.3 is 9.47 Å². The van der Waals surface area contributed by atoms with Gasteiger partial charge in [-0.3, -0.25) is 0 Å². The summed E-state index contributed by atoms with van der Waals surface area (Å²) in [5, 5.41) is 0. The first-order valence-electron chi connectivity index (χ1n) is 7.13. The Bertz CT molecular complexity index is 292. The van der Waals surface area contributed by atoms with Crippen molar-refractivity contribution in [3.05, 3.63) is 24.3 Å². The summed E-state index contributed by atoms with van der Waals surface area (Å²) in [6.07, 6.45) is 9.22. The molecule has 0 bridgehead atoms. The second kappa shape index (κ2) is 9.81. The number of rotatable bonds is 10. The van der Waals surface area contributed by atoms with Crippen molar-refractivity contribution in [2.75, 3.05) is 13.7 Å². The first-order chi connectivity index (χ1) is 8.86. The maximum absolute atomic E-state index is 5.68. The van der Waals surface area contributed by atoms with Crippen LogP contribution in [0.4, 0.5) is 0 Å². The fraction of sp³-hybridized carbons (Fsp3) is 0.625. The lowest BCUT2D eigenvalue weighted by atomic mass is 10.1. The topological polar surface area (TPSA) is 18.5 Å². The van der Waals surface area contributed by atoms with Crippen molar-refractivity contribution in [1.82, 2.24) is 0 Å². The monoisotopic (exact) mass is 250 g/mol. The third kappa shape index (κ3) is 6.53. The third-order valence-electron chi connectivity index (χ3n) is 3.08. The Balaban J connectivity index is 2.00. The van der Waals surface area contributed by atoms with Crippen molar-refractivity contribution >= 4 is 0 Å². The number of methoxy groups -OCH3 is 1. The van der Waals surface area contributed by atoms with Crippen LogP contribution >= 0.6 is 0 Å². The van der Waals surface area contributed by atoms with Crippen molar-refractivity contribution in [3.63, 3.8) is 0 Å². The van der Waals surface area contributed by atoms with Gasteiger partial charge in [0.25, 0.3) is 0 Å². The number of ether oxygens (including phenoxy) is 2. The Morgan fingerprint density at radius 1 is 0.778 bits per heavy atom. The van der Waals surface area contributed by atoms with E-state index >= 15 is 0 Å². The van der Waals surface area contributed by atoms with E-state index in [0.717, 1.165) is 24.5 Å². The molecule has 0 spiro atoms. The summed E-state index contributed by atoms with van der Waals surface area (Å²) in [7, 11) is 1.68. The predicted molar refractivity (Wildman–Crippen MR) is 76.5 cm³/mol. The van der Waals surface area contributed by atoms with Gasteiger partial charge in [-0.2, -0.15) is 0 Å². The summed E-state index contributed by atoms with van der Waals surface area (Å²) in [6.45, 7) is 3.07. The number of unbranched alkanes of at least 4 members (excludes halogenated alkanes) is 6. The molecule has 0 N–H and O–H groups in total. The smallest absolute Gasteiger partial charge is 0.119 e. The molecule has 0 saturated carbocycles. The molecule has 0 heterocycles. The van der Waals surface area contributed by atoms with Crippen LogP contribution in [0, 0.1) is 0 Å². The summed E-state index contributed by atoms with van der Waals surface area (Å²) in [4.78, 5) is 0. The minimum Gasteiger partial charge on any atom is -0.497 e. The van der Waals surface area contributed by atoms with Crippen molar-refractivity contribution in [2.45, 2.75) is 51.9 Å². The zero-order valence-electron chi connectivity index (χ0n) is 11.8. The van der Waals surface area contributed by atoms with Crippen LogP contribution in [-0.2, 0) is 0 Å². The summed E-state index contributed by atoms with van der Waals surface area (Å²) < 4.78 is 10.8. The van der Waals surface area contributed by atoms with E-state index in [1.54, 1.807) is 7.11 Å². The zero-order chi connectivity index (χ0) is 13.1. The van der Waals surface area contributed by atoms with E-state index in [4.69, 9.17) is 9.47 Å². The second-order valence-corrected chi connectivity index (χ2v) is 4.65. The molecular formula is C16H26O2. The second-order valence-electron chi connectivity index (χ2n) is 4.65. The van der Waals surface area contributed by atoms with E-state index in [0.29, 0.717) is 0 Å².